The van der Waals surface area contributed by atoms with Crippen LogP contribution in [0, 0.1) is 6.57 Å². The van der Waals surface area contributed by atoms with Crippen molar-refractivity contribution in [2.24, 2.45) is 0 Å². The fourth-order valence-corrected chi connectivity index (χ4v) is 2.46. The summed E-state index contributed by atoms with van der Waals surface area (Å²) in [6, 6.07) is 24.2. The van der Waals surface area contributed by atoms with E-state index in [1.54, 1.807) is 0 Å². The lowest BCUT2D eigenvalue weighted by atomic mass is 9.98. The van der Waals surface area contributed by atoms with E-state index in [1.165, 1.54) is 5.39 Å². The zero-order chi connectivity index (χ0) is 14.7. The molecule has 0 spiro atoms. The highest BCUT2D eigenvalue weighted by molar-refractivity contribution is 5.83. The highest BCUT2D eigenvalue weighted by Gasteiger charge is 2.32. The van der Waals surface area contributed by atoms with Crippen molar-refractivity contribution in [2.45, 2.75) is 12.6 Å². The molecule has 2 heteroatoms. The van der Waals surface area contributed by atoms with Crippen molar-refractivity contribution >= 4 is 16.5 Å². The van der Waals surface area contributed by atoms with Gasteiger partial charge in [0.15, 0.2) is 0 Å². The predicted octanol–water partition coefficient (Wildman–Crippen LogP) is 5.04. The summed E-state index contributed by atoms with van der Waals surface area (Å²) in [6.07, 6.45) is 0. The summed E-state index contributed by atoms with van der Waals surface area (Å²) < 4.78 is 0. The second-order valence-electron chi connectivity index (χ2n) is 5.24. The molecule has 1 unspecified atom stereocenters. The molecule has 0 amide bonds. The SMILES string of the molecule is [C-]#[N+]C(C)(Nc1ccccc1)c1ccc2ccccc2c1. The van der Waals surface area contributed by atoms with E-state index < -0.39 is 5.66 Å². The first kappa shape index (κ1) is 13.2. The van der Waals surface area contributed by atoms with Crippen LogP contribution in [0.3, 0.4) is 0 Å². The fraction of sp³-hybridized carbons (Fsp3) is 0.105. The summed E-state index contributed by atoms with van der Waals surface area (Å²) in [5.41, 5.74) is 1.15. The molecule has 21 heavy (non-hydrogen) atoms. The number of rotatable bonds is 3. The zero-order valence-electron chi connectivity index (χ0n) is 11.9. The maximum absolute atomic E-state index is 7.61. The van der Waals surface area contributed by atoms with E-state index in [9.17, 15) is 0 Å². The minimum Gasteiger partial charge on any atom is -0.311 e. The van der Waals surface area contributed by atoms with E-state index in [0.29, 0.717) is 0 Å². The number of nitrogens with one attached hydrogen (secondary N) is 1. The van der Waals surface area contributed by atoms with E-state index in [-0.39, 0.29) is 0 Å². The van der Waals surface area contributed by atoms with Crippen molar-refractivity contribution < 1.29 is 0 Å². The molecule has 3 aromatic carbocycles. The maximum atomic E-state index is 7.61. The van der Waals surface area contributed by atoms with Crippen LogP contribution in [0.4, 0.5) is 5.69 Å². The Morgan fingerprint density at radius 2 is 1.52 bits per heavy atom. The second kappa shape index (κ2) is 5.30. The third-order valence-corrected chi connectivity index (χ3v) is 3.70. The van der Waals surface area contributed by atoms with Gasteiger partial charge in [0, 0.05) is 12.6 Å². The lowest BCUT2D eigenvalue weighted by Gasteiger charge is -2.20. The molecule has 0 aromatic heterocycles. The lowest BCUT2D eigenvalue weighted by molar-refractivity contribution is 0.685. The van der Waals surface area contributed by atoms with Crippen LogP contribution in [0.25, 0.3) is 15.6 Å². The summed E-state index contributed by atoms with van der Waals surface area (Å²) in [7, 11) is 0. The minimum atomic E-state index is -0.772. The van der Waals surface area contributed by atoms with Crippen LogP contribution in [0.15, 0.2) is 72.8 Å². The van der Waals surface area contributed by atoms with Gasteiger partial charge in [-0.25, -0.2) is 6.57 Å². The first-order chi connectivity index (χ1) is 10.2. The van der Waals surface area contributed by atoms with Crippen molar-refractivity contribution in [3.05, 3.63) is 89.8 Å². The molecule has 0 aliphatic carbocycles. The summed E-state index contributed by atoms with van der Waals surface area (Å²) in [5.74, 6) is 0. The highest BCUT2D eigenvalue weighted by atomic mass is 15.1. The van der Waals surface area contributed by atoms with Crippen LogP contribution in [0.1, 0.15) is 12.5 Å². The van der Waals surface area contributed by atoms with E-state index in [2.05, 4.69) is 34.4 Å². The number of anilines is 1. The Hall–Kier alpha value is -2.79. The first-order valence-electron chi connectivity index (χ1n) is 6.92. The van der Waals surface area contributed by atoms with Gasteiger partial charge in [-0.3, -0.25) is 4.85 Å². The molecule has 0 heterocycles. The molecule has 1 atom stereocenters. The third-order valence-electron chi connectivity index (χ3n) is 3.70. The summed E-state index contributed by atoms with van der Waals surface area (Å²) in [4.78, 5) is 3.83. The van der Waals surface area contributed by atoms with Gasteiger partial charge in [-0.05, 0) is 35.0 Å². The van der Waals surface area contributed by atoms with Crippen molar-refractivity contribution in [1.29, 1.82) is 0 Å². The molecule has 0 saturated carbocycles. The van der Waals surface area contributed by atoms with Gasteiger partial charge in [0.1, 0.15) is 0 Å². The van der Waals surface area contributed by atoms with Crippen LogP contribution in [0.2, 0.25) is 0 Å². The molecule has 0 aliphatic rings. The Bertz CT molecular complexity index is 802. The Morgan fingerprint density at radius 3 is 2.24 bits per heavy atom. The largest absolute Gasteiger partial charge is 0.328 e. The number of hydrogen-bond donors (Lipinski definition) is 1. The number of para-hydroxylation sites is 1. The smallest absolute Gasteiger partial charge is 0.311 e. The van der Waals surface area contributed by atoms with Crippen LogP contribution in [-0.2, 0) is 5.66 Å². The molecule has 0 saturated heterocycles. The van der Waals surface area contributed by atoms with Crippen LogP contribution >= 0.6 is 0 Å². The van der Waals surface area contributed by atoms with Crippen LogP contribution in [-0.4, -0.2) is 0 Å². The average Bonchev–Trinajstić information content (AvgIpc) is 2.55. The second-order valence-corrected chi connectivity index (χ2v) is 5.24. The maximum Gasteiger partial charge on any atom is 0.328 e. The van der Waals surface area contributed by atoms with Crippen molar-refractivity contribution in [3.63, 3.8) is 0 Å². The minimum absolute atomic E-state index is 0.772. The normalized spacial score (nSPS) is 13.3. The zero-order valence-corrected chi connectivity index (χ0v) is 11.9. The lowest BCUT2D eigenvalue weighted by Crippen LogP contribution is -2.27. The molecule has 2 nitrogen and oxygen atoms in total. The van der Waals surface area contributed by atoms with Crippen LogP contribution in [0.5, 0.6) is 0 Å². The van der Waals surface area contributed by atoms with Gasteiger partial charge >= 0.3 is 5.66 Å². The van der Waals surface area contributed by atoms with Crippen molar-refractivity contribution in [1.82, 2.24) is 0 Å². The number of nitrogens with zero attached hydrogens (tertiary/aromatic N) is 1. The number of benzene rings is 3. The third kappa shape index (κ3) is 2.59. The van der Waals surface area contributed by atoms with Gasteiger partial charge in [-0.1, -0.05) is 48.5 Å². The monoisotopic (exact) mass is 272 g/mol. The van der Waals surface area contributed by atoms with Crippen molar-refractivity contribution in [3.8, 4) is 0 Å². The van der Waals surface area contributed by atoms with Crippen molar-refractivity contribution in [2.75, 3.05) is 5.32 Å². The molecule has 3 rings (SSSR count). The molecule has 0 aliphatic heterocycles. The molecule has 3 aromatic rings. The van der Waals surface area contributed by atoms with E-state index in [0.717, 1.165) is 16.6 Å². The molecular weight excluding hydrogens is 256 g/mol. The molecule has 1 N–H and O–H groups in total. The Balaban J connectivity index is 2.03. The molecule has 0 bridgehead atoms. The Morgan fingerprint density at radius 1 is 0.857 bits per heavy atom. The first-order valence-corrected chi connectivity index (χ1v) is 6.92. The van der Waals surface area contributed by atoms with Gasteiger partial charge in [0.2, 0.25) is 0 Å². The number of fused-ring (bicyclic) bond motifs is 1. The highest BCUT2D eigenvalue weighted by Crippen LogP contribution is 2.30. The molecule has 102 valence electrons. The Labute approximate surface area is 124 Å². The molecule has 0 fully saturated rings. The van der Waals surface area contributed by atoms with Gasteiger partial charge in [-0.15, -0.1) is 0 Å². The summed E-state index contributed by atoms with van der Waals surface area (Å²) in [6.45, 7) is 9.53. The predicted molar refractivity (Wildman–Crippen MR) is 88.0 cm³/mol. The van der Waals surface area contributed by atoms with E-state index >= 15 is 0 Å². The standard InChI is InChI=1S/C19H16N2/c1-19(20-2,21-18-10-4-3-5-11-18)17-13-12-15-8-6-7-9-16(15)14-17/h3-14,21H,1H3. The quantitative estimate of drug-likeness (QED) is 0.660. The average molecular weight is 272 g/mol. The fourth-order valence-electron chi connectivity index (χ4n) is 2.46. The van der Waals surface area contributed by atoms with E-state index in [4.69, 9.17) is 6.57 Å². The van der Waals surface area contributed by atoms with Gasteiger partial charge in [-0.2, -0.15) is 0 Å². The van der Waals surface area contributed by atoms with Gasteiger partial charge < -0.3 is 5.32 Å². The Kier molecular flexibility index (Phi) is 3.33. The molecule has 0 radical (unpaired) electrons. The summed E-state index contributed by atoms with van der Waals surface area (Å²) >= 11 is 0. The molecular formula is C19H16N2. The van der Waals surface area contributed by atoms with Gasteiger partial charge in [0.25, 0.3) is 0 Å². The topological polar surface area (TPSA) is 16.4 Å². The van der Waals surface area contributed by atoms with Crippen LogP contribution < -0.4 is 5.32 Å². The van der Waals surface area contributed by atoms with E-state index in [1.807, 2.05) is 55.5 Å². The van der Waals surface area contributed by atoms with Gasteiger partial charge in [0.05, 0.1) is 5.56 Å². The number of hydrogen-bond acceptors (Lipinski definition) is 1. The summed E-state index contributed by atoms with van der Waals surface area (Å²) in [5, 5.41) is 5.67.